The molecule has 2 rings (SSSR count). The van der Waals surface area contributed by atoms with Gasteiger partial charge in [0.05, 0.1) is 0 Å². The molecule has 0 amide bonds. The summed E-state index contributed by atoms with van der Waals surface area (Å²) in [6.45, 7) is 4.80. The van der Waals surface area contributed by atoms with Gasteiger partial charge in [0.25, 0.3) is 0 Å². The molecule has 0 aromatic carbocycles. The largest absolute Gasteiger partial charge is 0.306 e. The van der Waals surface area contributed by atoms with E-state index in [0.29, 0.717) is 0 Å². The van der Waals surface area contributed by atoms with Gasteiger partial charge in [-0.15, -0.1) is 0 Å². The van der Waals surface area contributed by atoms with E-state index < -0.39 is 0 Å². The Hall–Kier alpha value is -0.0400. The highest BCUT2D eigenvalue weighted by atomic mass is 15.1. The molecular formula is C12H23N. The van der Waals surface area contributed by atoms with Crippen molar-refractivity contribution >= 4 is 0 Å². The molecule has 0 saturated heterocycles. The number of nitrogens with zero attached hydrogens (tertiary/aromatic N) is 1. The molecular weight excluding hydrogens is 158 g/mol. The zero-order valence-corrected chi connectivity index (χ0v) is 9.46. The maximum Gasteiger partial charge on any atom is 0.0149 e. The first-order valence-electron chi connectivity index (χ1n) is 5.83. The zero-order valence-electron chi connectivity index (χ0n) is 9.46. The maximum absolute atomic E-state index is 2.47. The second kappa shape index (κ2) is 3.27. The normalized spacial score (nSPS) is 48.2. The Morgan fingerprint density at radius 3 is 2.38 bits per heavy atom. The summed E-state index contributed by atoms with van der Waals surface area (Å²) in [5, 5.41) is 0. The lowest BCUT2D eigenvalue weighted by molar-refractivity contribution is 0.186. The molecule has 13 heavy (non-hydrogen) atoms. The Labute approximate surface area is 82.5 Å². The quantitative estimate of drug-likeness (QED) is 0.647. The van der Waals surface area contributed by atoms with E-state index in [1.165, 1.54) is 19.3 Å². The van der Waals surface area contributed by atoms with Crippen molar-refractivity contribution in [3.8, 4) is 0 Å². The molecule has 2 fully saturated rings. The summed E-state index contributed by atoms with van der Waals surface area (Å²) in [6, 6.07) is 0.890. The highest BCUT2D eigenvalue weighted by molar-refractivity contribution is 5.08. The van der Waals surface area contributed by atoms with E-state index >= 15 is 0 Å². The average Bonchev–Trinajstić information content (AvgIpc) is 2.74. The predicted molar refractivity (Wildman–Crippen MR) is 56.6 cm³/mol. The van der Waals surface area contributed by atoms with Gasteiger partial charge in [-0.25, -0.2) is 0 Å². The molecule has 5 atom stereocenters. The maximum atomic E-state index is 2.47. The molecule has 2 aliphatic carbocycles. The molecule has 2 aliphatic rings. The van der Waals surface area contributed by atoms with Gasteiger partial charge in [-0.2, -0.15) is 0 Å². The van der Waals surface area contributed by atoms with Crippen LogP contribution in [0.25, 0.3) is 0 Å². The van der Waals surface area contributed by atoms with Crippen molar-refractivity contribution in [3.05, 3.63) is 0 Å². The number of hydrogen-bond donors (Lipinski definition) is 0. The van der Waals surface area contributed by atoms with Crippen molar-refractivity contribution < 1.29 is 0 Å². The van der Waals surface area contributed by atoms with Gasteiger partial charge in [-0.3, -0.25) is 0 Å². The third-order valence-corrected chi connectivity index (χ3v) is 4.31. The van der Waals surface area contributed by atoms with Gasteiger partial charge in [0.1, 0.15) is 0 Å². The Kier molecular flexibility index (Phi) is 2.39. The van der Waals surface area contributed by atoms with E-state index in [2.05, 4.69) is 32.8 Å². The van der Waals surface area contributed by atoms with Gasteiger partial charge < -0.3 is 4.90 Å². The summed E-state index contributed by atoms with van der Waals surface area (Å²) in [4.78, 5) is 2.46. The van der Waals surface area contributed by atoms with Gasteiger partial charge in [0.15, 0.2) is 0 Å². The highest BCUT2D eigenvalue weighted by Gasteiger charge is 2.57. The minimum atomic E-state index is 0.890. The summed E-state index contributed by atoms with van der Waals surface area (Å²) < 4.78 is 0. The molecule has 5 unspecified atom stereocenters. The van der Waals surface area contributed by atoms with E-state index in [1.807, 2.05) is 0 Å². The monoisotopic (exact) mass is 181 g/mol. The number of fused-ring (bicyclic) bond motifs is 1. The molecule has 0 radical (unpaired) electrons. The smallest absolute Gasteiger partial charge is 0.0149 e. The van der Waals surface area contributed by atoms with Crippen LogP contribution in [-0.2, 0) is 0 Å². The second-order valence-electron chi connectivity index (χ2n) is 5.33. The highest BCUT2D eigenvalue weighted by Crippen LogP contribution is 2.60. The third-order valence-electron chi connectivity index (χ3n) is 4.31. The lowest BCUT2D eigenvalue weighted by Gasteiger charge is -2.29. The Morgan fingerprint density at radius 2 is 1.92 bits per heavy atom. The fourth-order valence-corrected chi connectivity index (χ4v) is 3.82. The summed E-state index contributed by atoms with van der Waals surface area (Å²) in [5.74, 6) is 4.14. The molecule has 1 nitrogen and oxygen atoms in total. The molecule has 1 heteroatoms. The standard InChI is InChI=1S/C12H23N/c1-5-6-9-8(2)12(13(3)4)11-7-10(9)11/h8-12H,5-7H2,1-4H3. The first-order valence-corrected chi connectivity index (χ1v) is 5.83. The number of hydrogen-bond acceptors (Lipinski definition) is 1. The first kappa shape index (κ1) is 9.51. The van der Waals surface area contributed by atoms with E-state index in [0.717, 1.165) is 29.7 Å². The molecule has 0 aromatic rings. The van der Waals surface area contributed by atoms with E-state index in [-0.39, 0.29) is 0 Å². The average molecular weight is 181 g/mol. The fourth-order valence-electron chi connectivity index (χ4n) is 3.82. The van der Waals surface area contributed by atoms with Gasteiger partial charge in [0, 0.05) is 6.04 Å². The molecule has 0 spiro atoms. The van der Waals surface area contributed by atoms with Crippen LogP contribution in [0.1, 0.15) is 33.1 Å². The summed E-state index contributed by atoms with van der Waals surface area (Å²) in [7, 11) is 4.51. The van der Waals surface area contributed by atoms with Crippen LogP contribution < -0.4 is 0 Å². The van der Waals surface area contributed by atoms with Crippen LogP contribution in [0.5, 0.6) is 0 Å². The second-order valence-corrected chi connectivity index (χ2v) is 5.33. The van der Waals surface area contributed by atoms with Crippen LogP contribution in [0.3, 0.4) is 0 Å². The topological polar surface area (TPSA) is 3.24 Å². The van der Waals surface area contributed by atoms with Crippen LogP contribution in [0, 0.1) is 23.7 Å². The van der Waals surface area contributed by atoms with Crippen LogP contribution >= 0.6 is 0 Å². The molecule has 0 N–H and O–H groups in total. The van der Waals surface area contributed by atoms with Gasteiger partial charge >= 0.3 is 0 Å². The van der Waals surface area contributed by atoms with Crippen molar-refractivity contribution in [2.45, 2.75) is 39.2 Å². The van der Waals surface area contributed by atoms with Crippen molar-refractivity contribution in [1.29, 1.82) is 0 Å². The van der Waals surface area contributed by atoms with Gasteiger partial charge in [-0.1, -0.05) is 26.7 Å². The van der Waals surface area contributed by atoms with Crippen LogP contribution in [0.15, 0.2) is 0 Å². The molecule has 0 heterocycles. The Bertz CT molecular complexity index is 188. The van der Waals surface area contributed by atoms with Gasteiger partial charge in [0.2, 0.25) is 0 Å². The predicted octanol–water partition coefficient (Wildman–Crippen LogP) is 2.62. The van der Waals surface area contributed by atoms with Gasteiger partial charge in [-0.05, 0) is 44.2 Å². The number of rotatable bonds is 3. The zero-order chi connectivity index (χ0) is 9.59. The lowest BCUT2D eigenvalue weighted by Crippen LogP contribution is -2.35. The molecule has 76 valence electrons. The Balaban J connectivity index is 2.02. The molecule has 0 aromatic heterocycles. The Morgan fingerprint density at radius 1 is 1.23 bits per heavy atom. The summed E-state index contributed by atoms with van der Waals surface area (Å²) in [5.41, 5.74) is 0. The van der Waals surface area contributed by atoms with Crippen LogP contribution in [0.2, 0.25) is 0 Å². The summed E-state index contributed by atoms with van der Waals surface area (Å²) in [6.07, 6.45) is 4.36. The molecule has 0 aliphatic heterocycles. The first-order chi connectivity index (χ1) is 6.16. The van der Waals surface area contributed by atoms with Crippen LogP contribution in [-0.4, -0.2) is 25.0 Å². The SMILES string of the molecule is CCCC1C(C)C(N(C)C)C2CC12. The van der Waals surface area contributed by atoms with E-state index in [4.69, 9.17) is 0 Å². The molecule has 2 saturated carbocycles. The summed E-state index contributed by atoms with van der Waals surface area (Å²) >= 11 is 0. The van der Waals surface area contributed by atoms with E-state index in [1.54, 1.807) is 0 Å². The van der Waals surface area contributed by atoms with Crippen molar-refractivity contribution in [3.63, 3.8) is 0 Å². The van der Waals surface area contributed by atoms with Crippen molar-refractivity contribution in [2.75, 3.05) is 14.1 Å². The third kappa shape index (κ3) is 1.41. The lowest BCUT2D eigenvalue weighted by atomic mass is 9.86. The minimum Gasteiger partial charge on any atom is -0.306 e. The fraction of sp³-hybridized carbons (Fsp3) is 1.00. The minimum absolute atomic E-state index is 0.890. The van der Waals surface area contributed by atoms with Crippen LogP contribution in [0.4, 0.5) is 0 Å². The van der Waals surface area contributed by atoms with E-state index in [9.17, 15) is 0 Å². The van der Waals surface area contributed by atoms with Crippen molar-refractivity contribution in [2.24, 2.45) is 23.7 Å². The molecule has 0 bridgehead atoms. The van der Waals surface area contributed by atoms with Crippen molar-refractivity contribution in [1.82, 2.24) is 4.90 Å².